The first-order chi connectivity index (χ1) is 12.7. The van der Waals surface area contributed by atoms with Gasteiger partial charge in [-0.15, -0.1) is 0 Å². The van der Waals surface area contributed by atoms with Crippen molar-refractivity contribution in [2.75, 3.05) is 31.1 Å². The molecule has 27 heavy (non-hydrogen) atoms. The number of hydrogen-bond acceptors (Lipinski definition) is 5. The van der Waals surface area contributed by atoms with Crippen LogP contribution in [0.25, 0.3) is 0 Å². The Morgan fingerprint density at radius 1 is 1.30 bits per heavy atom. The third-order valence-electron chi connectivity index (χ3n) is 5.28. The van der Waals surface area contributed by atoms with Crippen molar-refractivity contribution >= 4 is 25.8 Å². The molecule has 1 amide bonds. The van der Waals surface area contributed by atoms with Gasteiger partial charge in [0.2, 0.25) is 10.0 Å². The van der Waals surface area contributed by atoms with Gasteiger partial charge in [0.1, 0.15) is 10.6 Å². The van der Waals surface area contributed by atoms with E-state index in [9.17, 15) is 21.6 Å². The molecule has 2 saturated heterocycles. The van der Waals surface area contributed by atoms with Crippen LogP contribution in [0, 0.1) is 0 Å². The molecule has 0 spiro atoms. The molecule has 2 aliphatic rings. The molecule has 10 heteroatoms. The Morgan fingerprint density at radius 2 is 1.96 bits per heavy atom. The van der Waals surface area contributed by atoms with Crippen LogP contribution in [-0.2, 0) is 26.9 Å². The van der Waals surface area contributed by atoms with Crippen LogP contribution in [0.15, 0.2) is 17.2 Å². The van der Waals surface area contributed by atoms with Crippen molar-refractivity contribution in [3.05, 3.63) is 18.0 Å². The number of aryl methyl sites for hydroxylation is 1. The summed E-state index contributed by atoms with van der Waals surface area (Å²) in [6, 6.07) is 1.07. The molecule has 8 nitrogen and oxygen atoms in total. The van der Waals surface area contributed by atoms with Crippen LogP contribution in [0.4, 0.5) is 0 Å². The van der Waals surface area contributed by atoms with Gasteiger partial charge < -0.3 is 9.47 Å². The molecule has 3 heterocycles. The summed E-state index contributed by atoms with van der Waals surface area (Å²) < 4.78 is 52.2. The fraction of sp³-hybridized carbons (Fsp3) is 0.706. The number of sulfonamides is 1. The second-order valence-corrected chi connectivity index (χ2v) is 11.5. The third kappa shape index (κ3) is 4.07. The van der Waals surface area contributed by atoms with Crippen LogP contribution < -0.4 is 0 Å². The monoisotopic (exact) mass is 417 g/mol. The average molecular weight is 418 g/mol. The van der Waals surface area contributed by atoms with Crippen molar-refractivity contribution in [2.24, 2.45) is 7.05 Å². The highest BCUT2D eigenvalue weighted by atomic mass is 32.2. The maximum atomic E-state index is 13.1. The molecule has 0 unspecified atom stereocenters. The second kappa shape index (κ2) is 7.56. The number of aromatic nitrogens is 1. The van der Waals surface area contributed by atoms with E-state index in [-0.39, 0.29) is 34.0 Å². The molecular weight excluding hydrogens is 390 g/mol. The molecular formula is C17H27N3O5S2. The van der Waals surface area contributed by atoms with E-state index >= 15 is 0 Å². The Morgan fingerprint density at radius 3 is 2.52 bits per heavy atom. The van der Waals surface area contributed by atoms with Crippen molar-refractivity contribution in [1.29, 1.82) is 0 Å². The molecule has 0 N–H and O–H groups in total. The predicted octanol–water partition coefficient (Wildman–Crippen LogP) is 0.849. The summed E-state index contributed by atoms with van der Waals surface area (Å²) in [4.78, 5) is 14.8. The van der Waals surface area contributed by atoms with E-state index in [0.29, 0.717) is 32.5 Å². The lowest BCUT2D eigenvalue weighted by Crippen LogP contribution is -2.42. The normalized spacial score (nSPS) is 23.0. The predicted molar refractivity (Wildman–Crippen MR) is 102 cm³/mol. The van der Waals surface area contributed by atoms with Gasteiger partial charge in [0.25, 0.3) is 5.91 Å². The quantitative estimate of drug-likeness (QED) is 0.684. The highest BCUT2D eigenvalue weighted by molar-refractivity contribution is 7.91. The van der Waals surface area contributed by atoms with Gasteiger partial charge in [-0.25, -0.2) is 16.8 Å². The first kappa shape index (κ1) is 20.3. The van der Waals surface area contributed by atoms with Gasteiger partial charge in [-0.1, -0.05) is 6.92 Å². The van der Waals surface area contributed by atoms with E-state index in [1.807, 2.05) is 6.92 Å². The van der Waals surface area contributed by atoms with Crippen LogP contribution in [0.1, 0.15) is 43.1 Å². The minimum absolute atomic E-state index is 0.0257. The minimum Gasteiger partial charge on any atom is -0.345 e. The molecule has 0 aliphatic carbocycles. The van der Waals surface area contributed by atoms with E-state index in [2.05, 4.69) is 0 Å². The summed E-state index contributed by atoms with van der Waals surface area (Å²) in [5.41, 5.74) is 0.269. The number of hydrogen-bond donors (Lipinski definition) is 0. The van der Waals surface area contributed by atoms with E-state index < -0.39 is 19.9 Å². The number of carbonyl (C=O) groups is 1. The number of carbonyl (C=O) groups excluding carboxylic acids is 1. The maximum Gasteiger partial charge on any atom is 0.270 e. The highest BCUT2D eigenvalue weighted by Gasteiger charge is 2.36. The first-order valence-electron chi connectivity index (χ1n) is 9.33. The van der Waals surface area contributed by atoms with Gasteiger partial charge in [-0.2, -0.15) is 4.31 Å². The van der Waals surface area contributed by atoms with E-state index in [0.717, 1.165) is 12.8 Å². The lowest BCUT2D eigenvalue weighted by atomic mass is 10.2. The van der Waals surface area contributed by atoms with Gasteiger partial charge in [0, 0.05) is 38.9 Å². The highest BCUT2D eigenvalue weighted by Crippen LogP contribution is 2.25. The lowest BCUT2D eigenvalue weighted by Gasteiger charge is -2.28. The third-order valence-corrected chi connectivity index (χ3v) is 8.89. The van der Waals surface area contributed by atoms with Gasteiger partial charge >= 0.3 is 0 Å². The van der Waals surface area contributed by atoms with Crippen molar-refractivity contribution in [2.45, 2.75) is 43.5 Å². The van der Waals surface area contributed by atoms with E-state index in [1.54, 1.807) is 11.9 Å². The molecule has 1 aromatic rings. The standard InChI is InChI=1S/C17H27N3O5S2/c1-3-7-20(14-6-10-26(22,23)13-14)17(21)16-11-15(12-18(16)2)27(24,25)19-8-4-5-9-19/h11-12,14H,3-10,13H2,1-2H3/t14-/m0/s1. The van der Waals surface area contributed by atoms with Crippen LogP contribution in [0.5, 0.6) is 0 Å². The van der Waals surface area contributed by atoms with Crippen LogP contribution in [0.2, 0.25) is 0 Å². The van der Waals surface area contributed by atoms with Gasteiger partial charge in [0.15, 0.2) is 9.84 Å². The molecule has 2 aliphatic heterocycles. The molecule has 0 saturated carbocycles. The molecule has 0 radical (unpaired) electrons. The molecule has 2 fully saturated rings. The van der Waals surface area contributed by atoms with Crippen molar-refractivity contribution in [3.63, 3.8) is 0 Å². The smallest absolute Gasteiger partial charge is 0.270 e. The zero-order chi connectivity index (χ0) is 19.8. The summed E-state index contributed by atoms with van der Waals surface area (Å²) in [5, 5.41) is 0. The Hall–Kier alpha value is -1.39. The first-order valence-corrected chi connectivity index (χ1v) is 12.6. The van der Waals surface area contributed by atoms with Crippen molar-refractivity contribution in [1.82, 2.24) is 13.8 Å². The Labute approximate surface area is 161 Å². The van der Waals surface area contributed by atoms with Crippen LogP contribution >= 0.6 is 0 Å². The van der Waals surface area contributed by atoms with E-state index in [1.165, 1.54) is 21.1 Å². The zero-order valence-corrected chi connectivity index (χ0v) is 17.4. The average Bonchev–Trinajstić information content (AvgIpc) is 3.32. The summed E-state index contributed by atoms with van der Waals surface area (Å²) in [7, 11) is -5.08. The lowest BCUT2D eigenvalue weighted by molar-refractivity contribution is 0.0687. The Balaban J connectivity index is 1.88. The zero-order valence-electron chi connectivity index (χ0n) is 15.8. The molecule has 152 valence electrons. The molecule has 0 bridgehead atoms. The van der Waals surface area contributed by atoms with E-state index in [4.69, 9.17) is 0 Å². The molecule has 1 atom stereocenters. The fourth-order valence-corrected chi connectivity index (χ4v) is 7.14. The molecule has 3 rings (SSSR count). The number of nitrogens with zero attached hydrogens (tertiary/aromatic N) is 3. The Kier molecular flexibility index (Phi) is 5.69. The van der Waals surface area contributed by atoms with Crippen LogP contribution in [-0.4, -0.2) is 73.7 Å². The van der Waals surface area contributed by atoms with Gasteiger partial charge in [-0.3, -0.25) is 4.79 Å². The Bertz CT molecular complexity index is 914. The SMILES string of the molecule is CCCN(C(=O)c1cc(S(=O)(=O)N2CCCC2)cn1C)[C@H]1CCS(=O)(=O)C1. The maximum absolute atomic E-state index is 13.1. The fourth-order valence-electron chi connectivity index (χ4n) is 3.82. The molecule has 0 aromatic carbocycles. The number of sulfone groups is 1. The topological polar surface area (TPSA) is 96.8 Å². The minimum atomic E-state index is -3.60. The summed E-state index contributed by atoms with van der Waals surface area (Å²) in [5.74, 6) is -0.251. The van der Waals surface area contributed by atoms with Gasteiger partial charge in [0.05, 0.1) is 11.5 Å². The van der Waals surface area contributed by atoms with Crippen molar-refractivity contribution < 1.29 is 21.6 Å². The van der Waals surface area contributed by atoms with Crippen LogP contribution in [0.3, 0.4) is 0 Å². The second-order valence-electron chi connectivity index (χ2n) is 7.34. The largest absolute Gasteiger partial charge is 0.345 e. The summed E-state index contributed by atoms with van der Waals surface area (Å²) in [6.45, 7) is 3.38. The number of rotatable bonds is 6. The van der Waals surface area contributed by atoms with Crippen molar-refractivity contribution in [3.8, 4) is 0 Å². The summed E-state index contributed by atoms with van der Waals surface area (Å²) >= 11 is 0. The summed E-state index contributed by atoms with van der Waals surface area (Å²) in [6.07, 6.45) is 4.29. The molecule has 1 aromatic heterocycles. The number of amides is 1. The van der Waals surface area contributed by atoms with Gasteiger partial charge in [-0.05, 0) is 31.7 Å².